The maximum atomic E-state index is 12.1. The minimum Gasteiger partial charge on any atom is -1.00 e. The van der Waals surface area contributed by atoms with E-state index in [1.165, 1.54) is 0 Å². The van der Waals surface area contributed by atoms with Gasteiger partial charge in [-0.1, -0.05) is 35.4 Å². The van der Waals surface area contributed by atoms with Gasteiger partial charge in [-0.05, 0) is 37.3 Å². The standard InChI is InChI=1S/C13H12ClNO2S.FH/c1-10-5-7-13(8-6-10)18(16,17)15-12-4-2-3-11(14)9-12;/h2-9,15H,1H3;1H/p-1. The van der Waals surface area contributed by atoms with Crippen molar-refractivity contribution in [2.24, 2.45) is 0 Å². The van der Waals surface area contributed by atoms with Gasteiger partial charge in [0.2, 0.25) is 0 Å². The van der Waals surface area contributed by atoms with Crippen LogP contribution in [0, 0.1) is 6.92 Å². The second kappa shape index (κ2) is 6.04. The van der Waals surface area contributed by atoms with E-state index in [1.807, 2.05) is 6.92 Å². The van der Waals surface area contributed by atoms with E-state index in [1.54, 1.807) is 48.5 Å². The molecule has 0 atom stereocenters. The van der Waals surface area contributed by atoms with Gasteiger partial charge >= 0.3 is 0 Å². The fourth-order valence-electron chi connectivity index (χ4n) is 1.48. The van der Waals surface area contributed by atoms with Crippen LogP contribution < -0.4 is 9.43 Å². The zero-order valence-corrected chi connectivity index (χ0v) is 11.7. The molecule has 2 aromatic carbocycles. The first-order valence-electron chi connectivity index (χ1n) is 5.32. The highest BCUT2D eigenvalue weighted by molar-refractivity contribution is 7.92. The van der Waals surface area contributed by atoms with Gasteiger partial charge in [-0.3, -0.25) is 4.72 Å². The molecule has 2 rings (SSSR count). The Morgan fingerprint density at radius 2 is 1.68 bits per heavy atom. The minimum atomic E-state index is -3.56. The average Bonchev–Trinajstić information content (AvgIpc) is 2.29. The Bertz CT molecular complexity index is 657. The SMILES string of the molecule is Cc1ccc(S(=O)(=O)Nc2cccc(Cl)c2)cc1.[F-]. The molecule has 19 heavy (non-hydrogen) atoms. The fourth-order valence-corrected chi connectivity index (χ4v) is 2.72. The number of aryl methyl sites for hydroxylation is 1. The van der Waals surface area contributed by atoms with Crippen LogP contribution in [0.2, 0.25) is 5.02 Å². The van der Waals surface area contributed by atoms with Crippen molar-refractivity contribution in [2.75, 3.05) is 4.72 Å². The molecule has 0 aromatic heterocycles. The van der Waals surface area contributed by atoms with Gasteiger partial charge in [-0.25, -0.2) is 8.42 Å². The van der Waals surface area contributed by atoms with Gasteiger partial charge in [-0.15, -0.1) is 0 Å². The summed E-state index contributed by atoms with van der Waals surface area (Å²) in [4.78, 5) is 0.230. The van der Waals surface area contributed by atoms with Gasteiger partial charge in [0.15, 0.2) is 0 Å². The summed E-state index contributed by atoms with van der Waals surface area (Å²) >= 11 is 5.81. The number of anilines is 1. The summed E-state index contributed by atoms with van der Waals surface area (Å²) in [5.41, 5.74) is 1.46. The average molecular weight is 301 g/mol. The van der Waals surface area contributed by atoms with Gasteiger partial charge < -0.3 is 4.70 Å². The number of nitrogens with one attached hydrogen (secondary N) is 1. The van der Waals surface area contributed by atoms with Crippen molar-refractivity contribution in [2.45, 2.75) is 11.8 Å². The van der Waals surface area contributed by atoms with Crippen molar-refractivity contribution < 1.29 is 13.1 Å². The molecule has 0 aliphatic heterocycles. The van der Waals surface area contributed by atoms with Crippen molar-refractivity contribution in [1.29, 1.82) is 0 Å². The summed E-state index contributed by atoms with van der Waals surface area (Å²) in [6, 6.07) is 13.2. The quantitative estimate of drug-likeness (QED) is 0.895. The summed E-state index contributed by atoms with van der Waals surface area (Å²) in [5, 5.41) is 0.485. The van der Waals surface area contributed by atoms with E-state index in [4.69, 9.17) is 11.6 Å². The highest BCUT2D eigenvalue weighted by atomic mass is 35.5. The van der Waals surface area contributed by atoms with Crippen molar-refractivity contribution in [3.05, 3.63) is 59.1 Å². The largest absolute Gasteiger partial charge is 1.00 e. The van der Waals surface area contributed by atoms with Crippen LogP contribution in [0.4, 0.5) is 5.69 Å². The van der Waals surface area contributed by atoms with Gasteiger partial charge in [0.25, 0.3) is 10.0 Å². The van der Waals surface area contributed by atoms with Crippen molar-refractivity contribution in [3.63, 3.8) is 0 Å². The smallest absolute Gasteiger partial charge is 0.261 e. The molecule has 0 fully saturated rings. The Labute approximate surface area is 116 Å². The second-order valence-electron chi connectivity index (χ2n) is 3.93. The first-order chi connectivity index (χ1) is 8.47. The zero-order valence-electron chi connectivity index (χ0n) is 10.1. The van der Waals surface area contributed by atoms with E-state index in [0.717, 1.165) is 5.56 Å². The summed E-state index contributed by atoms with van der Waals surface area (Å²) < 4.78 is 26.6. The van der Waals surface area contributed by atoms with Crippen LogP contribution >= 0.6 is 11.6 Å². The lowest BCUT2D eigenvalue weighted by Crippen LogP contribution is -3.00. The third-order valence-electron chi connectivity index (χ3n) is 2.41. The van der Waals surface area contributed by atoms with Crippen LogP contribution in [0.3, 0.4) is 0 Å². The molecular weight excluding hydrogens is 289 g/mol. The van der Waals surface area contributed by atoms with Crippen LogP contribution in [0.1, 0.15) is 5.56 Å². The third-order valence-corrected chi connectivity index (χ3v) is 4.04. The molecule has 1 N–H and O–H groups in total. The van der Waals surface area contributed by atoms with Crippen LogP contribution in [-0.4, -0.2) is 8.42 Å². The number of rotatable bonds is 3. The highest BCUT2D eigenvalue weighted by Crippen LogP contribution is 2.19. The fraction of sp³-hybridized carbons (Fsp3) is 0.0769. The normalized spacial score (nSPS) is 10.6. The van der Waals surface area contributed by atoms with Crippen LogP contribution in [0.15, 0.2) is 53.4 Å². The molecule has 0 saturated carbocycles. The van der Waals surface area contributed by atoms with E-state index < -0.39 is 10.0 Å². The van der Waals surface area contributed by atoms with Crippen LogP contribution in [0.5, 0.6) is 0 Å². The Morgan fingerprint density at radius 3 is 2.26 bits per heavy atom. The molecule has 3 nitrogen and oxygen atoms in total. The minimum absolute atomic E-state index is 0. The maximum Gasteiger partial charge on any atom is 0.261 e. The summed E-state index contributed by atoms with van der Waals surface area (Å²) in [5.74, 6) is 0. The Kier molecular flexibility index (Phi) is 4.91. The van der Waals surface area contributed by atoms with E-state index in [9.17, 15) is 8.42 Å². The van der Waals surface area contributed by atoms with E-state index in [2.05, 4.69) is 4.72 Å². The number of hydrogen-bond donors (Lipinski definition) is 1. The van der Waals surface area contributed by atoms with Gasteiger partial charge in [0.05, 0.1) is 10.6 Å². The zero-order chi connectivity index (χ0) is 13.2. The second-order valence-corrected chi connectivity index (χ2v) is 6.05. The van der Waals surface area contributed by atoms with Gasteiger partial charge in [-0.2, -0.15) is 0 Å². The van der Waals surface area contributed by atoms with Crippen molar-refractivity contribution in [1.82, 2.24) is 0 Å². The number of benzene rings is 2. The summed E-state index contributed by atoms with van der Waals surface area (Å²) in [6.07, 6.45) is 0. The molecule has 0 radical (unpaired) electrons. The van der Waals surface area contributed by atoms with Crippen molar-refractivity contribution >= 4 is 27.3 Å². The molecule has 0 bridgehead atoms. The molecule has 0 spiro atoms. The topological polar surface area (TPSA) is 46.2 Å². The van der Waals surface area contributed by atoms with Gasteiger partial charge in [0, 0.05) is 5.02 Å². The first kappa shape index (κ1) is 15.5. The van der Waals surface area contributed by atoms with Crippen LogP contribution in [0.25, 0.3) is 0 Å². The molecule has 0 amide bonds. The van der Waals surface area contributed by atoms with Crippen molar-refractivity contribution in [3.8, 4) is 0 Å². The molecule has 102 valence electrons. The van der Waals surface area contributed by atoms with Crippen LogP contribution in [-0.2, 0) is 10.0 Å². The lowest BCUT2D eigenvalue weighted by atomic mass is 10.2. The lowest BCUT2D eigenvalue weighted by Gasteiger charge is -2.08. The summed E-state index contributed by atoms with van der Waals surface area (Å²) in [6.45, 7) is 1.90. The molecule has 0 saturated heterocycles. The number of sulfonamides is 1. The molecule has 2 aromatic rings. The molecule has 0 heterocycles. The van der Waals surface area contributed by atoms with Gasteiger partial charge in [0.1, 0.15) is 0 Å². The number of hydrogen-bond acceptors (Lipinski definition) is 2. The van der Waals surface area contributed by atoms with E-state index >= 15 is 0 Å². The summed E-state index contributed by atoms with van der Waals surface area (Å²) in [7, 11) is -3.56. The third kappa shape index (κ3) is 3.94. The Morgan fingerprint density at radius 1 is 1.05 bits per heavy atom. The molecule has 0 aliphatic carbocycles. The predicted molar refractivity (Wildman–Crippen MR) is 73.4 cm³/mol. The number of halogens is 2. The monoisotopic (exact) mass is 300 g/mol. The lowest BCUT2D eigenvalue weighted by molar-refractivity contribution is -0.00000601. The van der Waals surface area contributed by atoms with E-state index in [0.29, 0.717) is 10.7 Å². The van der Waals surface area contributed by atoms with E-state index in [-0.39, 0.29) is 9.60 Å². The molecule has 6 heteroatoms. The molecule has 0 unspecified atom stereocenters. The first-order valence-corrected chi connectivity index (χ1v) is 7.18. The molecular formula is C13H12ClFNO2S-. The predicted octanol–water partition coefficient (Wildman–Crippen LogP) is 0.453. The maximum absolute atomic E-state index is 12.1. The Balaban J connectivity index is 0.00000180. The molecule has 0 aliphatic rings. The highest BCUT2D eigenvalue weighted by Gasteiger charge is 2.13. The Hall–Kier alpha value is -1.59.